The Morgan fingerprint density at radius 1 is 1.19 bits per heavy atom. The van der Waals surface area contributed by atoms with Crippen LogP contribution in [0.4, 0.5) is 13.2 Å². The number of likely N-dealkylation sites (N-methyl/N-ethyl adjacent to an activating group) is 2. The third kappa shape index (κ3) is 3.88. The molecule has 0 N–H and O–H groups in total. The lowest BCUT2D eigenvalue weighted by atomic mass is 10.1. The molecule has 2 heterocycles. The highest BCUT2D eigenvalue weighted by Crippen LogP contribution is 2.29. The highest BCUT2D eigenvalue weighted by Gasteiger charge is 2.32. The van der Waals surface area contributed by atoms with Gasteiger partial charge in [-0.1, -0.05) is 18.2 Å². The highest BCUT2D eigenvalue weighted by atomic mass is 19.4. The molecule has 0 aliphatic carbocycles. The quantitative estimate of drug-likeness (QED) is 0.837. The number of pyridine rings is 1. The van der Waals surface area contributed by atoms with E-state index in [-0.39, 0.29) is 17.6 Å². The van der Waals surface area contributed by atoms with Crippen LogP contribution in [0.2, 0.25) is 0 Å². The number of nitrogens with zero attached hydrogens (tertiary/aromatic N) is 3. The Bertz CT molecular complexity index is 789. The van der Waals surface area contributed by atoms with E-state index in [4.69, 9.17) is 0 Å². The van der Waals surface area contributed by atoms with Crippen molar-refractivity contribution in [2.45, 2.75) is 18.6 Å². The summed E-state index contributed by atoms with van der Waals surface area (Å²) < 4.78 is 38.4. The SMILES string of the molecule is CN1CC[C@H](N(C)C(=O)c2ccc(-c3cccc(C(F)(F)F)n3)cc2)C1. The van der Waals surface area contributed by atoms with Gasteiger partial charge >= 0.3 is 6.18 Å². The molecular formula is C19H20F3N3O. The van der Waals surface area contributed by atoms with Gasteiger partial charge in [-0.05, 0) is 44.3 Å². The highest BCUT2D eigenvalue weighted by molar-refractivity contribution is 5.94. The van der Waals surface area contributed by atoms with Crippen LogP contribution in [0.25, 0.3) is 11.3 Å². The molecule has 1 amide bonds. The Labute approximate surface area is 150 Å². The van der Waals surface area contributed by atoms with Crippen LogP contribution >= 0.6 is 0 Å². The number of carbonyl (C=O) groups excluding carboxylic acids is 1. The maximum atomic E-state index is 12.8. The van der Waals surface area contributed by atoms with Crippen molar-refractivity contribution in [1.82, 2.24) is 14.8 Å². The minimum atomic E-state index is -4.48. The van der Waals surface area contributed by atoms with Crippen molar-refractivity contribution >= 4 is 5.91 Å². The topological polar surface area (TPSA) is 36.4 Å². The van der Waals surface area contributed by atoms with E-state index >= 15 is 0 Å². The lowest BCUT2D eigenvalue weighted by molar-refractivity contribution is -0.141. The second-order valence-electron chi connectivity index (χ2n) is 6.60. The van der Waals surface area contributed by atoms with Gasteiger partial charge in [-0.2, -0.15) is 13.2 Å². The van der Waals surface area contributed by atoms with E-state index in [1.54, 1.807) is 36.2 Å². The largest absolute Gasteiger partial charge is 0.433 e. The molecular weight excluding hydrogens is 343 g/mol. The number of alkyl halides is 3. The van der Waals surface area contributed by atoms with Crippen LogP contribution in [-0.2, 0) is 6.18 Å². The monoisotopic (exact) mass is 363 g/mol. The number of hydrogen-bond acceptors (Lipinski definition) is 3. The van der Waals surface area contributed by atoms with Crippen LogP contribution in [0, 0.1) is 0 Å². The fraction of sp³-hybridized carbons (Fsp3) is 0.368. The van der Waals surface area contributed by atoms with Gasteiger partial charge in [0.1, 0.15) is 5.69 Å². The molecule has 1 fully saturated rings. The maximum absolute atomic E-state index is 12.8. The van der Waals surface area contributed by atoms with Gasteiger partial charge in [0.05, 0.1) is 5.69 Å². The van der Waals surface area contributed by atoms with E-state index in [2.05, 4.69) is 9.88 Å². The van der Waals surface area contributed by atoms with Gasteiger partial charge in [-0.25, -0.2) is 4.98 Å². The lowest BCUT2D eigenvalue weighted by Crippen LogP contribution is -2.38. The fourth-order valence-electron chi connectivity index (χ4n) is 3.13. The van der Waals surface area contributed by atoms with Crippen molar-refractivity contribution in [2.24, 2.45) is 0 Å². The average Bonchev–Trinajstić information content (AvgIpc) is 3.06. The van der Waals surface area contributed by atoms with Crippen molar-refractivity contribution in [3.63, 3.8) is 0 Å². The minimum Gasteiger partial charge on any atom is -0.337 e. The number of halogens is 3. The molecule has 1 aromatic carbocycles. The van der Waals surface area contributed by atoms with Crippen molar-refractivity contribution in [2.75, 3.05) is 27.2 Å². The summed E-state index contributed by atoms with van der Waals surface area (Å²) >= 11 is 0. The minimum absolute atomic E-state index is 0.0890. The standard InChI is InChI=1S/C19H20F3N3O/c1-24-11-10-15(12-24)25(2)18(26)14-8-6-13(7-9-14)16-4-3-5-17(23-16)19(20,21)22/h3-9,15H,10-12H2,1-2H3/t15-/m0/s1. The van der Waals surface area contributed by atoms with E-state index < -0.39 is 11.9 Å². The summed E-state index contributed by atoms with van der Waals surface area (Å²) in [7, 11) is 3.81. The van der Waals surface area contributed by atoms with E-state index in [1.807, 2.05) is 7.05 Å². The number of carbonyl (C=O) groups is 1. The van der Waals surface area contributed by atoms with Gasteiger partial charge in [0.2, 0.25) is 0 Å². The zero-order chi connectivity index (χ0) is 18.9. The molecule has 3 rings (SSSR count). The Kier molecular flexibility index (Phi) is 5.00. The van der Waals surface area contributed by atoms with E-state index in [1.165, 1.54) is 12.1 Å². The Balaban J connectivity index is 1.77. The van der Waals surface area contributed by atoms with Crippen LogP contribution in [0.3, 0.4) is 0 Å². The van der Waals surface area contributed by atoms with Crippen LogP contribution < -0.4 is 0 Å². The molecule has 0 radical (unpaired) electrons. The number of benzene rings is 1. The van der Waals surface area contributed by atoms with Crippen molar-refractivity contribution in [1.29, 1.82) is 0 Å². The van der Waals surface area contributed by atoms with Crippen molar-refractivity contribution in [3.05, 3.63) is 53.7 Å². The fourth-order valence-corrected chi connectivity index (χ4v) is 3.13. The lowest BCUT2D eigenvalue weighted by Gasteiger charge is -2.24. The second-order valence-corrected chi connectivity index (χ2v) is 6.60. The smallest absolute Gasteiger partial charge is 0.337 e. The van der Waals surface area contributed by atoms with Crippen molar-refractivity contribution in [3.8, 4) is 11.3 Å². The first kappa shape index (κ1) is 18.4. The van der Waals surface area contributed by atoms with Gasteiger partial charge in [0.15, 0.2) is 0 Å². The van der Waals surface area contributed by atoms with Gasteiger partial charge < -0.3 is 9.80 Å². The van der Waals surface area contributed by atoms with Gasteiger partial charge in [0, 0.05) is 30.8 Å². The summed E-state index contributed by atoms with van der Waals surface area (Å²) in [4.78, 5) is 20.2. The van der Waals surface area contributed by atoms with Gasteiger partial charge in [-0.3, -0.25) is 4.79 Å². The summed E-state index contributed by atoms with van der Waals surface area (Å²) in [6, 6.07) is 10.5. The third-order valence-electron chi connectivity index (χ3n) is 4.70. The van der Waals surface area contributed by atoms with Crippen LogP contribution in [0.15, 0.2) is 42.5 Å². The molecule has 1 saturated heterocycles. The average molecular weight is 363 g/mol. The summed E-state index contributed by atoms with van der Waals surface area (Å²) in [5.74, 6) is -0.0890. The molecule has 1 atom stereocenters. The van der Waals surface area contributed by atoms with Crippen LogP contribution in [0.1, 0.15) is 22.5 Å². The third-order valence-corrected chi connectivity index (χ3v) is 4.70. The Morgan fingerprint density at radius 2 is 1.88 bits per heavy atom. The molecule has 1 aromatic heterocycles. The molecule has 7 heteroatoms. The normalized spacial score (nSPS) is 18.1. The van der Waals surface area contributed by atoms with Gasteiger partial charge in [-0.15, -0.1) is 0 Å². The van der Waals surface area contributed by atoms with Crippen LogP contribution in [0.5, 0.6) is 0 Å². The molecule has 0 unspecified atom stereocenters. The predicted octanol–water partition coefficient (Wildman–Crippen LogP) is 3.54. The Hall–Kier alpha value is -2.41. The molecule has 0 saturated carbocycles. The maximum Gasteiger partial charge on any atom is 0.433 e. The summed E-state index contributed by atoms with van der Waals surface area (Å²) in [6.45, 7) is 1.80. The van der Waals surface area contributed by atoms with E-state index in [0.717, 1.165) is 25.6 Å². The molecule has 1 aliphatic rings. The number of hydrogen-bond donors (Lipinski definition) is 0. The molecule has 26 heavy (non-hydrogen) atoms. The molecule has 0 spiro atoms. The van der Waals surface area contributed by atoms with Crippen molar-refractivity contribution < 1.29 is 18.0 Å². The number of likely N-dealkylation sites (tertiary alicyclic amines) is 1. The molecule has 138 valence electrons. The second kappa shape index (κ2) is 7.07. The summed E-state index contributed by atoms with van der Waals surface area (Å²) in [5, 5.41) is 0. The van der Waals surface area contributed by atoms with E-state index in [0.29, 0.717) is 11.1 Å². The number of aromatic nitrogens is 1. The van der Waals surface area contributed by atoms with Crippen LogP contribution in [-0.4, -0.2) is 53.9 Å². The summed E-state index contributed by atoms with van der Waals surface area (Å²) in [5.41, 5.74) is 0.346. The van der Waals surface area contributed by atoms with E-state index in [9.17, 15) is 18.0 Å². The first-order valence-corrected chi connectivity index (χ1v) is 8.36. The molecule has 1 aliphatic heterocycles. The molecule has 2 aromatic rings. The predicted molar refractivity (Wildman–Crippen MR) is 92.7 cm³/mol. The molecule has 4 nitrogen and oxygen atoms in total. The zero-order valence-electron chi connectivity index (χ0n) is 14.6. The number of rotatable bonds is 3. The molecule has 0 bridgehead atoms. The first-order chi connectivity index (χ1) is 12.3. The van der Waals surface area contributed by atoms with Gasteiger partial charge in [0.25, 0.3) is 5.91 Å². The zero-order valence-corrected chi connectivity index (χ0v) is 14.6. The Morgan fingerprint density at radius 3 is 2.46 bits per heavy atom. The number of amides is 1. The summed E-state index contributed by atoms with van der Waals surface area (Å²) in [6.07, 6.45) is -3.55. The first-order valence-electron chi connectivity index (χ1n) is 8.36.